The second-order valence-electron chi connectivity index (χ2n) is 6.47. The molecule has 1 heterocycles. The van der Waals surface area contributed by atoms with Crippen molar-refractivity contribution in [2.75, 3.05) is 21.2 Å². The first-order valence-corrected chi connectivity index (χ1v) is 8.67. The number of hydrogen-bond donors (Lipinski definition) is 0. The van der Waals surface area contributed by atoms with Crippen LogP contribution in [0.5, 0.6) is 5.75 Å². The van der Waals surface area contributed by atoms with Crippen molar-refractivity contribution < 1.29 is 18.7 Å². The second-order valence-corrected chi connectivity index (χ2v) is 6.47. The number of rotatable bonds is 5. The molecule has 144 valence electrons. The Balaban J connectivity index is 2.08. The van der Waals surface area contributed by atoms with E-state index >= 15 is 0 Å². The lowest BCUT2D eigenvalue weighted by Crippen LogP contribution is -2.26. The summed E-state index contributed by atoms with van der Waals surface area (Å²) in [4.78, 5) is 25.7. The number of nitrogens with zero attached hydrogens (tertiary/aromatic N) is 1. The Hall–Kier alpha value is -3.54. The summed E-state index contributed by atoms with van der Waals surface area (Å²) in [5.41, 5.74) is 2.71. The normalized spacial score (nSPS) is 11.4. The minimum atomic E-state index is -0.458. The lowest BCUT2D eigenvalue weighted by molar-refractivity contribution is -0.127. The number of fused-ring (bicyclic) bond motifs is 1. The van der Waals surface area contributed by atoms with Crippen LogP contribution in [0.1, 0.15) is 5.56 Å². The van der Waals surface area contributed by atoms with Crippen LogP contribution in [-0.2, 0) is 9.53 Å². The SMILES string of the molecule is CO/C=C(\Oc1ccc2c(-c3ccccc3C)cc(=O)oc2c1)C(=O)N(C)C. The molecular weight excluding hydrogens is 358 g/mol. The van der Waals surface area contributed by atoms with Crippen LogP contribution in [0.15, 0.2) is 69.8 Å². The average molecular weight is 379 g/mol. The topological polar surface area (TPSA) is 69.0 Å². The van der Waals surface area contributed by atoms with Crippen molar-refractivity contribution in [1.29, 1.82) is 0 Å². The monoisotopic (exact) mass is 379 g/mol. The van der Waals surface area contributed by atoms with Gasteiger partial charge in [0.15, 0.2) is 0 Å². The van der Waals surface area contributed by atoms with Crippen molar-refractivity contribution in [2.24, 2.45) is 0 Å². The molecule has 0 unspecified atom stereocenters. The van der Waals surface area contributed by atoms with E-state index in [1.807, 2.05) is 31.2 Å². The average Bonchev–Trinajstić information content (AvgIpc) is 2.66. The third-order valence-corrected chi connectivity index (χ3v) is 4.22. The zero-order valence-electron chi connectivity index (χ0n) is 16.2. The molecule has 0 saturated heterocycles. The Morgan fingerprint density at radius 2 is 1.82 bits per heavy atom. The van der Waals surface area contributed by atoms with E-state index in [0.717, 1.165) is 22.1 Å². The van der Waals surface area contributed by atoms with Gasteiger partial charge in [0.2, 0.25) is 5.76 Å². The first-order valence-electron chi connectivity index (χ1n) is 8.67. The van der Waals surface area contributed by atoms with E-state index in [9.17, 15) is 9.59 Å². The molecule has 3 rings (SSSR count). The van der Waals surface area contributed by atoms with Crippen molar-refractivity contribution in [1.82, 2.24) is 4.90 Å². The van der Waals surface area contributed by atoms with Gasteiger partial charge in [-0.3, -0.25) is 4.79 Å². The van der Waals surface area contributed by atoms with E-state index in [4.69, 9.17) is 13.9 Å². The third-order valence-electron chi connectivity index (χ3n) is 4.22. The summed E-state index contributed by atoms with van der Waals surface area (Å²) in [6.45, 7) is 1.99. The van der Waals surface area contributed by atoms with Crippen LogP contribution >= 0.6 is 0 Å². The van der Waals surface area contributed by atoms with Crippen LogP contribution in [0.25, 0.3) is 22.1 Å². The Labute approximate surface area is 162 Å². The summed E-state index contributed by atoms with van der Waals surface area (Å²) in [5, 5.41) is 0.775. The smallest absolute Gasteiger partial charge is 0.336 e. The van der Waals surface area contributed by atoms with Crippen molar-refractivity contribution >= 4 is 16.9 Å². The lowest BCUT2D eigenvalue weighted by atomic mass is 9.98. The molecule has 0 saturated carbocycles. The molecule has 6 nitrogen and oxygen atoms in total. The van der Waals surface area contributed by atoms with Gasteiger partial charge in [-0.05, 0) is 30.2 Å². The summed E-state index contributed by atoms with van der Waals surface area (Å²) < 4.78 is 16.0. The maximum absolute atomic E-state index is 12.2. The van der Waals surface area contributed by atoms with E-state index in [1.165, 1.54) is 24.3 Å². The number of carbonyl (C=O) groups is 1. The number of benzene rings is 2. The van der Waals surface area contributed by atoms with Crippen molar-refractivity contribution in [3.8, 4) is 16.9 Å². The van der Waals surface area contributed by atoms with Gasteiger partial charge in [-0.2, -0.15) is 0 Å². The lowest BCUT2D eigenvalue weighted by Gasteiger charge is -2.14. The molecule has 2 aromatic carbocycles. The Kier molecular flexibility index (Phi) is 5.49. The molecule has 0 aliphatic carbocycles. The van der Waals surface area contributed by atoms with Crippen molar-refractivity contribution in [3.63, 3.8) is 0 Å². The fourth-order valence-electron chi connectivity index (χ4n) is 2.88. The minimum Gasteiger partial charge on any atom is -0.500 e. The highest BCUT2D eigenvalue weighted by Gasteiger charge is 2.16. The molecule has 28 heavy (non-hydrogen) atoms. The molecule has 0 N–H and O–H groups in total. The molecule has 6 heteroatoms. The number of amides is 1. The molecular formula is C22H21NO5. The highest BCUT2D eigenvalue weighted by Crippen LogP contribution is 2.31. The molecule has 0 spiro atoms. The van der Waals surface area contributed by atoms with Gasteiger partial charge in [0.25, 0.3) is 5.91 Å². The van der Waals surface area contributed by atoms with Gasteiger partial charge < -0.3 is 18.8 Å². The molecule has 3 aromatic rings. The van der Waals surface area contributed by atoms with Gasteiger partial charge in [0.05, 0.1) is 7.11 Å². The molecule has 1 amide bonds. The number of ether oxygens (including phenoxy) is 2. The van der Waals surface area contributed by atoms with Crippen LogP contribution in [0.4, 0.5) is 0 Å². The maximum Gasteiger partial charge on any atom is 0.336 e. The van der Waals surface area contributed by atoms with Gasteiger partial charge in [-0.25, -0.2) is 4.79 Å². The molecule has 0 fully saturated rings. The quantitative estimate of drug-likeness (QED) is 0.384. The summed E-state index contributed by atoms with van der Waals surface area (Å²) in [6.07, 6.45) is 1.23. The Bertz CT molecular complexity index is 1110. The number of carbonyl (C=O) groups excluding carboxylic acids is 1. The number of likely N-dealkylation sites (N-methyl/N-ethyl adjacent to an activating group) is 1. The first kappa shape index (κ1) is 19.2. The number of hydrogen-bond acceptors (Lipinski definition) is 5. The van der Waals surface area contributed by atoms with E-state index in [1.54, 1.807) is 32.3 Å². The summed E-state index contributed by atoms with van der Waals surface area (Å²) in [6, 6.07) is 14.4. The van der Waals surface area contributed by atoms with Gasteiger partial charge in [0.1, 0.15) is 17.6 Å². The van der Waals surface area contributed by atoms with E-state index in [0.29, 0.717) is 11.3 Å². The second kappa shape index (κ2) is 8.00. The number of aryl methyl sites for hydroxylation is 1. The largest absolute Gasteiger partial charge is 0.500 e. The van der Waals surface area contributed by atoms with Gasteiger partial charge in [-0.15, -0.1) is 0 Å². The molecule has 0 aliphatic heterocycles. The summed E-state index contributed by atoms with van der Waals surface area (Å²) in [7, 11) is 4.66. The highest BCUT2D eigenvalue weighted by atomic mass is 16.5. The number of methoxy groups -OCH3 is 1. The first-order chi connectivity index (χ1) is 13.4. The van der Waals surface area contributed by atoms with E-state index in [2.05, 4.69) is 0 Å². The van der Waals surface area contributed by atoms with Gasteiger partial charge in [-0.1, -0.05) is 24.3 Å². The predicted molar refractivity (Wildman–Crippen MR) is 107 cm³/mol. The van der Waals surface area contributed by atoms with Gasteiger partial charge in [0, 0.05) is 37.2 Å². The van der Waals surface area contributed by atoms with Crippen LogP contribution < -0.4 is 10.4 Å². The Morgan fingerprint density at radius 3 is 2.50 bits per heavy atom. The molecule has 0 radical (unpaired) electrons. The zero-order valence-corrected chi connectivity index (χ0v) is 16.2. The van der Waals surface area contributed by atoms with Crippen LogP contribution in [0.2, 0.25) is 0 Å². The van der Waals surface area contributed by atoms with Crippen LogP contribution in [-0.4, -0.2) is 32.0 Å². The highest BCUT2D eigenvalue weighted by molar-refractivity contribution is 5.95. The third kappa shape index (κ3) is 3.91. The predicted octanol–water partition coefficient (Wildman–Crippen LogP) is 3.72. The standard InChI is InChI=1S/C22H21NO5/c1-14-7-5-6-8-16(14)18-12-21(24)28-19-11-15(9-10-17(18)19)27-20(13-26-4)22(25)23(2)3/h5-13H,1-4H3/b20-13-. The van der Waals surface area contributed by atoms with Crippen LogP contribution in [0, 0.1) is 6.92 Å². The van der Waals surface area contributed by atoms with Gasteiger partial charge >= 0.3 is 5.63 Å². The minimum absolute atomic E-state index is 0.0178. The fraction of sp³-hybridized carbons (Fsp3) is 0.182. The maximum atomic E-state index is 12.2. The van der Waals surface area contributed by atoms with Crippen molar-refractivity contribution in [3.05, 3.63) is 76.5 Å². The molecule has 1 aromatic heterocycles. The molecule has 0 aliphatic rings. The Morgan fingerprint density at radius 1 is 1.07 bits per heavy atom. The molecule has 0 atom stereocenters. The molecule has 0 bridgehead atoms. The fourth-order valence-corrected chi connectivity index (χ4v) is 2.88. The zero-order chi connectivity index (χ0) is 20.3. The van der Waals surface area contributed by atoms with E-state index < -0.39 is 5.63 Å². The van der Waals surface area contributed by atoms with Crippen LogP contribution in [0.3, 0.4) is 0 Å². The van der Waals surface area contributed by atoms with Crippen molar-refractivity contribution in [2.45, 2.75) is 6.92 Å². The van der Waals surface area contributed by atoms with E-state index in [-0.39, 0.29) is 11.7 Å². The summed E-state index contributed by atoms with van der Waals surface area (Å²) >= 11 is 0. The summed E-state index contributed by atoms with van der Waals surface area (Å²) in [5.74, 6) is 0.0254.